The summed E-state index contributed by atoms with van der Waals surface area (Å²) in [7, 11) is -3.79. The summed E-state index contributed by atoms with van der Waals surface area (Å²) in [6, 6.07) is 5.76. The predicted molar refractivity (Wildman–Crippen MR) is 106 cm³/mol. The number of hydrogen-bond donors (Lipinski definition) is 2. The average molecular weight is 425 g/mol. The standard InChI is InChI=1S/C20H28N2O6S/c1-14-12-22(13-15(2)28-14)29(26,27)17-8-6-7-16(11-17)18(23)21-20(19(24)25)9-4-3-5-10-20/h6-8,11,14-15H,3-5,9-10,12-13H2,1-2H3,(H,21,23)(H,24,25)/t14-,15+. The lowest BCUT2D eigenvalue weighted by molar-refractivity contribution is -0.145. The number of morpholine rings is 1. The molecule has 160 valence electrons. The van der Waals surface area contributed by atoms with Crippen LogP contribution in [0.4, 0.5) is 0 Å². The van der Waals surface area contributed by atoms with E-state index in [1.165, 1.54) is 28.6 Å². The second-order valence-electron chi connectivity index (χ2n) is 8.01. The molecule has 2 N–H and O–H groups in total. The molecule has 29 heavy (non-hydrogen) atoms. The maximum Gasteiger partial charge on any atom is 0.329 e. The number of benzene rings is 1. The zero-order chi connectivity index (χ0) is 21.2. The minimum absolute atomic E-state index is 0.0134. The van der Waals surface area contributed by atoms with Gasteiger partial charge >= 0.3 is 5.97 Å². The Hall–Kier alpha value is -1.97. The van der Waals surface area contributed by atoms with Crippen LogP contribution in [0.2, 0.25) is 0 Å². The molecule has 0 spiro atoms. The summed E-state index contributed by atoms with van der Waals surface area (Å²) in [5.74, 6) is -1.62. The van der Waals surface area contributed by atoms with Gasteiger partial charge in [0.1, 0.15) is 5.54 Å². The van der Waals surface area contributed by atoms with Crippen molar-refractivity contribution >= 4 is 21.9 Å². The third kappa shape index (κ3) is 4.62. The van der Waals surface area contributed by atoms with Crippen LogP contribution < -0.4 is 5.32 Å². The molecule has 1 saturated carbocycles. The second kappa shape index (κ2) is 8.41. The maximum absolute atomic E-state index is 13.1. The van der Waals surface area contributed by atoms with Gasteiger partial charge in [-0.25, -0.2) is 13.2 Å². The van der Waals surface area contributed by atoms with Crippen LogP contribution in [0.25, 0.3) is 0 Å². The molecule has 0 radical (unpaired) electrons. The lowest BCUT2D eigenvalue weighted by Gasteiger charge is -2.34. The van der Waals surface area contributed by atoms with E-state index in [4.69, 9.17) is 4.74 Å². The van der Waals surface area contributed by atoms with E-state index in [2.05, 4.69) is 5.32 Å². The van der Waals surface area contributed by atoms with E-state index in [1.54, 1.807) is 0 Å². The molecule has 0 bridgehead atoms. The van der Waals surface area contributed by atoms with Crippen molar-refractivity contribution in [1.29, 1.82) is 0 Å². The van der Waals surface area contributed by atoms with E-state index in [1.807, 2.05) is 13.8 Å². The normalized spacial score (nSPS) is 25.3. The van der Waals surface area contributed by atoms with Crippen LogP contribution in [0, 0.1) is 0 Å². The Bertz CT molecular complexity index is 869. The first kappa shape index (κ1) is 21.7. The predicted octanol–water partition coefficient (Wildman–Crippen LogP) is 2.00. The number of rotatable bonds is 5. The number of nitrogens with zero attached hydrogens (tertiary/aromatic N) is 1. The van der Waals surface area contributed by atoms with Crippen molar-refractivity contribution in [3.05, 3.63) is 29.8 Å². The number of carbonyl (C=O) groups excluding carboxylic acids is 1. The topological polar surface area (TPSA) is 113 Å². The first-order chi connectivity index (χ1) is 13.6. The number of sulfonamides is 1. The van der Waals surface area contributed by atoms with Gasteiger partial charge in [-0.05, 0) is 44.9 Å². The lowest BCUT2D eigenvalue weighted by Crippen LogP contribution is -2.55. The Morgan fingerprint density at radius 2 is 1.76 bits per heavy atom. The minimum Gasteiger partial charge on any atom is -0.480 e. The van der Waals surface area contributed by atoms with Gasteiger partial charge in [0, 0.05) is 18.7 Å². The fourth-order valence-electron chi connectivity index (χ4n) is 4.11. The summed E-state index contributed by atoms with van der Waals surface area (Å²) in [6.07, 6.45) is 2.70. The number of ether oxygens (including phenoxy) is 1. The quantitative estimate of drug-likeness (QED) is 0.748. The highest BCUT2D eigenvalue weighted by Gasteiger charge is 2.41. The van der Waals surface area contributed by atoms with Crippen LogP contribution in [0.15, 0.2) is 29.2 Å². The molecule has 1 aromatic rings. The summed E-state index contributed by atoms with van der Waals surface area (Å²) < 4.78 is 33.1. The van der Waals surface area contributed by atoms with Gasteiger partial charge in [0.2, 0.25) is 10.0 Å². The van der Waals surface area contributed by atoms with Gasteiger partial charge in [-0.1, -0.05) is 25.3 Å². The molecule has 2 aliphatic rings. The highest BCUT2D eigenvalue weighted by atomic mass is 32.2. The van der Waals surface area contributed by atoms with Crippen molar-refractivity contribution < 1.29 is 27.9 Å². The summed E-state index contributed by atoms with van der Waals surface area (Å²) in [4.78, 5) is 24.6. The van der Waals surface area contributed by atoms with Crippen molar-refractivity contribution in [3.8, 4) is 0 Å². The maximum atomic E-state index is 13.1. The van der Waals surface area contributed by atoms with Crippen molar-refractivity contribution in [1.82, 2.24) is 9.62 Å². The fraction of sp³-hybridized carbons (Fsp3) is 0.600. The molecule has 0 unspecified atom stereocenters. The Balaban J connectivity index is 1.83. The van der Waals surface area contributed by atoms with Gasteiger partial charge in [-0.3, -0.25) is 4.79 Å². The molecule has 3 rings (SSSR count). The molecular weight excluding hydrogens is 396 g/mol. The molecule has 1 aliphatic carbocycles. The van der Waals surface area contributed by atoms with Crippen LogP contribution in [0.1, 0.15) is 56.3 Å². The van der Waals surface area contributed by atoms with Crippen molar-refractivity contribution in [2.45, 2.75) is 68.6 Å². The van der Waals surface area contributed by atoms with Gasteiger partial charge in [0.15, 0.2) is 0 Å². The van der Waals surface area contributed by atoms with Gasteiger partial charge in [-0.15, -0.1) is 0 Å². The molecule has 1 amide bonds. The Morgan fingerprint density at radius 1 is 1.14 bits per heavy atom. The van der Waals surface area contributed by atoms with E-state index in [-0.39, 0.29) is 35.8 Å². The molecule has 1 heterocycles. The van der Waals surface area contributed by atoms with Gasteiger partial charge in [0.05, 0.1) is 17.1 Å². The second-order valence-corrected chi connectivity index (χ2v) is 9.95. The molecule has 8 nitrogen and oxygen atoms in total. The summed E-state index contributed by atoms with van der Waals surface area (Å²) in [6.45, 7) is 4.12. The van der Waals surface area contributed by atoms with E-state index in [0.717, 1.165) is 19.3 Å². The number of nitrogens with one attached hydrogen (secondary N) is 1. The van der Waals surface area contributed by atoms with Crippen LogP contribution in [-0.2, 0) is 19.6 Å². The van der Waals surface area contributed by atoms with Crippen LogP contribution in [-0.4, -0.2) is 60.5 Å². The monoisotopic (exact) mass is 424 g/mol. The van der Waals surface area contributed by atoms with Crippen molar-refractivity contribution in [2.75, 3.05) is 13.1 Å². The van der Waals surface area contributed by atoms with Gasteiger partial charge in [-0.2, -0.15) is 4.31 Å². The van der Waals surface area contributed by atoms with Crippen LogP contribution in [0.3, 0.4) is 0 Å². The smallest absolute Gasteiger partial charge is 0.329 e. The molecule has 1 aliphatic heterocycles. The SMILES string of the molecule is C[C@@H]1CN(S(=O)(=O)c2cccc(C(=O)NC3(C(=O)O)CCCCC3)c2)C[C@H](C)O1. The minimum atomic E-state index is -3.79. The zero-order valence-corrected chi connectivity index (χ0v) is 17.6. The highest BCUT2D eigenvalue weighted by Crippen LogP contribution is 2.29. The molecular formula is C20H28N2O6S. The molecule has 1 aromatic carbocycles. The van der Waals surface area contributed by atoms with E-state index >= 15 is 0 Å². The molecule has 2 atom stereocenters. The first-order valence-corrected chi connectivity index (χ1v) is 11.4. The third-order valence-electron chi connectivity index (χ3n) is 5.59. The summed E-state index contributed by atoms with van der Waals surface area (Å²) >= 11 is 0. The lowest BCUT2D eigenvalue weighted by atomic mass is 9.81. The Labute approximate surface area is 171 Å². The first-order valence-electron chi connectivity index (χ1n) is 9.96. The highest BCUT2D eigenvalue weighted by molar-refractivity contribution is 7.89. The third-order valence-corrected chi connectivity index (χ3v) is 7.42. The van der Waals surface area contributed by atoms with Gasteiger partial charge < -0.3 is 15.2 Å². The van der Waals surface area contributed by atoms with E-state index < -0.39 is 27.4 Å². The van der Waals surface area contributed by atoms with Crippen LogP contribution in [0.5, 0.6) is 0 Å². The largest absolute Gasteiger partial charge is 0.480 e. The molecule has 9 heteroatoms. The number of amides is 1. The van der Waals surface area contributed by atoms with Crippen molar-refractivity contribution in [3.63, 3.8) is 0 Å². The van der Waals surface area contributed by atoms with Crippen molar-refractivity contribution in [2.24, 2.45) is 0 Å². The van der Waals surface area contributed by atoms with Gasteiger partial charge in [0.25, 0.3) is 5.91 Å². The average Bonchev–Trinajstić information content (AvgIpc) is 2.68. The Morgan fingerprint density at radius 3 is 2.34 bits per heavy atom. The molecule has 2 fully saturated rings. The Kier molecular flexibility index (Phi) is 6.30. The number of carboxylic acids is 1. The number of aliphatic carboxylic acids is 1. The number of carbonyl (C=O) groups is 2. The molecule has 0 aromatic heterocycles. The number of carboxylic acid groups (broad SMARTS) is 1. The van der Waals surface area contributed by atoms with E-state index in [9.17, 15) is 23.1 Å². The summed E-state index contributed by atoms with van der Waals surface area (Å²) in [5, 5.41) is 12.3. The summed E-state index contributed by atoms with van der Waals surface area (Å²) in [5.41, 5.74) is -1.16. The molecule has 1 saturated heterocycles. The zero-order valence-electron chi connectivity index (χ0n) is 16.8. The van der Waals surface area contributed by atoms with Crippen LogP contribution >= 0.6 is 0 Å². The fourth-order valence-corrected chi connectivity index (χ4v) is 5.75. The van der Waals surface area contributed by atoms with E-state index in [0.29, 0.717) is 12.8 Å². The number of hydrogen-bond acceptors (Lipinski definition) is 5.